The van der Waals surface area contributed by atoms with E-state index in [4.69, 9.17) is 23.2 Å². The van der Waals surface area contributed by atoms with Crippen LogP contribution in [0, 0.1) is 5.41 Å². The molecule has 7 heteroatoms. The fourth-order valence-electron chi connectivity index (χ4n) is 1.88. The third-order valence-electron chi connectivity index (χ3n) is 3.15. The number of aliphatic hydroxyl groups excluding tert-OH is 1. The van der Waals surface area contributed by atoms with Crippen LogP contribution < -0.4 is 0 Å². The molecule has 1 aromatic carbocycles. The molecular formula is C15H17Cl2N3O2. The number of phenolic OH excluding ortho intramolecular Hbond substituents is 1. The summed E-state index contributed by atoms with van der Waals surface area (Å²) in [5.74, 6) is -0.0829. The number of nitrogens with zero attached hydrogens (tertiary/aromatic N) is 3. The molecule has 2 aromatic rings. The maximum Gasteiger partial charge on any atom is 0.138 e. The van der Waals surface area contributed by atoms with Gasteiger partial charge in [0.25, 0.3) is 0 Å². The summed E-state index contributed by atoms with van der Waals surface area (Å²) >= 11 is 12.0. The predicted molar refractivity (Wildman–Crippen MR) is 87.8 cm³/mol. The van der Waals surface area contributed by atoms with Crippen molar-refractivity contribution in [1.29, 1.82) is 0 Å². The number of halogens is 2. The van der Waals surface area contributed by atoms with E-state index < -0.39 is 11.5 Å². The van der Waals surface area contributed by atoms with Crippen molar-refractivity contribution in [3.63, 3.8) is 0 Å². The van der Waals surface area contributed by atoms with Gasteiger partial charge in [0, 0.05) is 5.02 Å². The Labute approximate surface area is 138 Å². The van der Waals surface area contributed by atoms with Gasteiger partial charge >= 0.3 is 0 Å². The van der Waals surface area contributed by atoms with Crippen molar-refractivity contribution >= 4 is 35.0 Å². The Balaban J connectivity index is 2.57. The highest BCUT2D eigenvalue weighted by Crippen LogP contribution is 2.34. The summed E-state index contributed by atoms with van der Waals surface area (Å²) in [5, 5.41) is 24.9. The normalized spacial score (nSPS) is 14.2. The first-order valence-corrected chi connectivity index (χ1v) is 7.38. The van der Waals surface area contributed by atoms with Crippen LogP contribution >= 0.6 is 23.2 Å². The molecule has 0 fully saturated rings. The van der Waals surface area contributed by atoms with Gasteiger partial charge < -0.3 is 10.2 Å². The lowest BCUT2D eigenvalue weighted by molar-refractivity contribution is 0.109. The molecule has 22 heavy (non-hydrogen) atoms. The number of phenols is 1. The molecule has 0 radical (unpaired) electrons. The van der Waals surface area contributed by atoms with Crippen LogP contribution in [0.25, 0.3) is 11.8 Å². The van der Waals surface area contributed by atoms with Gasteiger partial charge in [-0.3, -0.25) is 0 Å². The molecule has 0 aliphatic heterocycles. The highest BCUT2D eigenvalue weighted by molar-refractivity contribution is 6.36. The lowest BCUT2D eigenvalue weighted by Crippen LogP contribution is -2.29. The van der Waals surface area contributed by atoms with Gasteiger partial charge in [-0.05, 0) is 29.2 Å². The first-order chi connectivity index (χ1) is 10.2. The van der Waals surface area contributed by atoms with Gasteiger partial charge in [-0.25, -0.2) is 9.67 Å². The molecule has 1 aromatic heterocycles. The fourth-order valence-corrected chi connectivity index (χ4v) is 2.32. The van der Waals surface area contributed by atoms with E-state index in [0.717, 1.165) is 0 Å². The average molecular weight is 342 g/mol. The second-order valence-corrected chi connectivity index (χ2v) is 6.82. The van der Waals surface area contributed by atoms with Gasteiger partial charge in [0.05, 0.1) is 10.7 Å². The lowest BCUT2D eigenvalue weighted by atomic mass is 9.86. The highest BCUT2D eigenvalue weighted by Gasteiger charge is 2.27. The topological polar surface area (TPSA) is 71.2 Å². The molecule has 0 spiro atoms. The minimum Gasteiger partial charge on any atom is -0.506 e. The van der Waals surface area contributed by atoms with Gasteiger partial charge in [0.15, 0.2) is 0 Å². The zero-order valence-electron chi connectivity index (χ0n) is 12.5. The van der Waals surface area contributed by atoms with E-state index in [-0.39, 0.29) is 10.8 Å². The summed E-state index contributed by atoms with van der Waals surface area (Å²) in [5.41, 5.74) is 0.602. The van der Waals surface area contributed by atoms with Gasteiger partial charge in [-0.2, -0.15) is 5.10 Å². The van der Waals surface area contributed by atoms with Crippen molar-refractivity contribution in [2.24, 2.45) is 5.41 Å². The monoisotopic (exact) mass is 341 g/mol. The Kier molecular flexibility index (Phi) is 4.80. The minimum absolute atomic E-state index is 0.0829. The molecule has 1 atom stereocenters. The van der Waals surface area contributed by atoms with Crippen molar-refractivity contribution in [3.8, 4) is 5.75 Å². The maximum absolute atomic E-state index is 10.6. The number of rotatable bonds is 3. The summed E-state index contributed by atoms with van der Waals surface area (Å²) < 4.78 is 1.47. The molecule has 0 saturated carbocycles. The van der Waals surface area contributed by atoms with Gasteiger partial charge in [-0.15, -0.1) is 0 Å². The maximum atomic E-state index is 10.6. The molecular weight excluding hydrogens is 325 g/mol. The second kappa shape index (κ2) is 6.28. The summed E-state index contributed by atoms with van der Waals surface area (Å²) in [6.45, 7) is 5.72. The Morgan fingerprint density at radius 2 is 1.95 bits per heavy atom. The van der Waals surface area contributed by atoms with Crippen molar-refractivity contribution in [2.75, 3.05) is 0 Å². The first-order valence-electron chi connectivity index (χ1n) is 6.63. The predicted octanol–water partition coefficient (Wildman–Crippen LogP) is 3.70. The number of aliphatic hydroxyl groups is 1. The van der Waals surface area contributed by atoms with E-state index >= 15 is 0 Å². The molecule has 2 rings (SSSR count). The Morgan fingerprint density at radius 3 is 2.50 bits per heavy atom. The molecule has 2 N–H and O–H groups in total. The Hall–Kier alpha value is -1.56. The van der Waals surface area contributed by atoms with Crippen molar-refractivity contribution in [2.45, 2.75) is 26.9 Å². The molecule has 0 amide bonds. The van der Waals surface area contributed by atoms with Gasteiger partial charge in [-0.1, -0.05) is 44.0 Å². The van der Waals surface area contributed by atoms with Crippen LogP contribution in [0.3, 0.4) is 0 Å². The van der Waals surface area contributed by atoms with E-state index in [9.17, 15) is 10.2 Å². The number of aromatic nitrogens is 3. The van der Waals surface area contributed by atoms with Crippen LogP contribution in [0.5, 0.6) is 5.75 Å². The number of hydrogen-bond donors (Lipinski definition) is 2. The van der Waals surface area contributed by atoms with Crippen molar-refractivity contribution in [1.82, 2.24) is 14.8 Å². The molecule has 0 aliphatic rings. The summed E-state index contributed by atoms with van der Waals surface area (Å²) in [4.78, 5) is 3.90. The summed E-state index contributed by atoms with van der Waals surface area (Å²) in [7, 11) is 0. The standard InChI is InChI=1S/C15H17Cl2N3O2/c1-15(2,3)14(22)12(20-8-18-7-19-20)4-9-5-13(21)11(17)6-10(9)16/h4-8,14,21-22H,1-3H3/b12-4+. The second-order valence-electron chi connectivity index (χ2n) is 6.00. The van der Waals surface area contributed by atoms with E-state index in [0.29, 0.717) is 16.3 Å². The Bertz CT molecular complexity index is 692. The van der Waals surface area contributed by atoms with E-state index in [2.05, 4.69) is 10.1 Å². The molecule has 0 saturated heterocycles. The molecule has 1 heterocycles. The van der Waals surface area contributed by atoms with Crippen LogP contribution in [-0.2, 0) is 0 Å². The summed E-state index contributed by atoms with van der Waals surface area (Å²) in [6, 6.07) is 2.89. The summed E-state index contributed by atoms with van der Waals surface area (Å²) in [6.07, 6.45) is 3.71. The Morgan fingerprint density at radius 1 is 1.27 bits per heavy atom. The SMILES string of the molecule is CC(C)(C)C(O)/C(=C\c1cc(O)c(Cl)cc1Cl)n1cncn1. The number of hydrogen-bond acceptors (Lipinski definition) is 4. The zero-order valence-corrected chi connectivity index (χ0v) is 14.0. The molecule has 118 valence electrons. The molecule has 0 aliphatic carbocycles. The van der Waals surface area contributed by atoms with Crippen LogP contribution in [0.4, 0.5) is 0 Å². The molecule has 1 unspecified atom stereocenters. The smallest absolute Gasteiger partial charge is 0.138 e. The van der Waals surface area contributed by atoms with Gasteiger partial charge in [0.2, 0.25) is 0 Å². The number of aromatic hydroxyl groups is 1. The van der Waals surface area contributed by atoms with Crippen molar-refractivity contribution in [3.05, 3.63) is 40.4 Å². The molecule has 0 bridgehead atoms. The average Bonchev–Trinajstić information content (AvgIpc) is 2.93. The first kappa shape index (κ1) is 16.8. The van der Waals surface area contributed by atoms with E-state index in [1.807, 2.05) is 20.8 Å². The lowest BCUT2D eigenvalue weighted by Gasteiger charge is -2.28. The third-order valence-corrected chi connectivity index (χ3v) is 3.78. The third kappa shape index (κ3) is 3.61. The van der Waals surface area contributed by atoms with Crippen LogP contribution in [0.2, 0.25) is 10.0 Å². The van der Waals surface area contributed by atoms with Crippen molar-refractivity contribution < 1.29 is 10.2 Å². The van der Waals surface area contributed by atoms with Gasteiger partial charge in [0.1, 0.15) is 24.5 Å². The van der Waals surface area contributed by atoms with Crippen LogP contribution in [0.1, 0.15) is 26.3 Å². The zero-order chi connectivity index (χ0) is 16.5. The number of benzene rings is 1. The fraction of sp³-hybridized carbons (Fsp3) is 0.333. The van der Waals surface area contributed by atoms with E-state index in [1.54, 1.807) is 6.08 Å². The largest absolute Gasteiger partial charge is 0.506 e. The van der Waals surface area contributed by atoms with Crippen LogP contribution in [-0.4, -0.2) is 31.1 Å². The van der Waals surface area contributed by atoms with E-state index in [1.165, 1.54) is 29.5 Å². The molecule has 5 nitrogen and oxygen atoms in total. The van der Waals surface area contributed by atoms with Crippen LogP contribution in [0.15, 0.2) is 24.8 Å². The minimum atomic E-state index is -0.817. The highest BCUT2D eigenvalue weighted by atomic mass is 35.5. The quantitative estimate of drug-likeness (QED) is 0.892.